The van der Waals surface area contributed by atoms with E-state index >= 15 is 0 Å². The molecule has 144 valence electrons. The molecule has 0 radical (unpaired) electrons. The molecule has 3 heterocycles. The van der Waals surface area contributed by atoms with Crippen LogP contribution in [-0.4, -0.2) is 64.2 Å². The zero-order valence-corrected chi connectivity index (χ0v) is 14.5. The van der Waals surface area contributed by atoms with E-state index in [0.717, 1.165) is 17.7 Å². The van der Waals surface area contributed by atoms with Crippen molar-refractivity contribution < 1.29 is 27.2 Å². The highest BCUT2D eigenvalue weighted by Crippen LogP contribution is 2.30. The van der Waals surface area contributed by atoms with Crippen molar-refractivity contribution in [3.8, 4) is 0 Å². The molecule has 0 spiro atoms. The Kier molecular flexibility index (Phi) is 5.19. The average Bonchev–Trinajstić information content (AvgIpc) is 3.06. The van der Waals surface area contributed by atoms with Crippen LogP contribution < -0.4 is 0 Å². The lowest BCUT2D eigenvalue weighted by Gasteiger charge is -2.36. The first-order valence-corrected chi connectivity index (χ1v) is 8.70. The lowest BCUT2D eigenvalue weighted by Crippen LogP contribution is -2.49. The first kappa shape index (κ1) is 18.7. The van der Waals surface area contributed by atoms with Crippen molar-refractivity contribution >= 4 is 11.8 Å². The van der Waals surface area contributed by atoms with Gasteiger partial charge in [0, 0.05) is 44.9 Å². The third-order valence-corrected chi connectivity index (χ3v) is 5.07. The number of carbonyl (C=O) groups excluding carboxylic acids is 2. The minimum absolute atomic E-state index is 0.0352. The van der Waals surface area contributed by atoms with Gasteiger partial charge in [0.1, 0.15) is 0 Å². The van der Waals surface area contributed by atoms with E-state index in [1.807, 2.05) is 0 Å². The second-order valence-corrected chi connectivity index (χ2v) is 6.82. The van der Waals surface area contributed by atoms with Crippen molar-refractivity contribution in [1.82, 2.24) is 20.0 Å². The monoisotopic (exact) mass is 374 g/mol. The molecule has 2 aliphatic heterocycles. The van der Waals surface area contributed by atoms with Crippen molar-refractivity contribution in [1.29, 1.82) is 0 Å². The fraction of sp³-hybridized carbons (Fsp3) is 0.750. The summed E-state index contributed by atoms with van der Waals surface area (Å²) < 4.78 is 42.9. The molecule has 2 fully saturated rings. The molecule has 0 aliphatic carbocycles. The maximum atomic E-state index is 12.6. The number of hydrogen-bond acceptors (Lipinski definition) is 5. The molecule has 7 nitrogen and oxygen atoms in total. The minimum atomic E-state index is -4.86. The number of aryl methyl sites for hydroxylation is 1. The zero-order valence-electron chi connectivity index (χ0n) is 14.5. The minimum Gasteiger partial charge on any atom is -0.425 e. The van der Waals surface area contributed by atoms with E-state index in [0.29, 0.717) is 24.9 Å². The third-order valence-electron chi connectivity index (χ3n) is 5.07. The van der Waals surface area contributed by atoms with Gasteiger partial charge in [0.05, 0.1) is 0 Å². The highest BCUT2D eigenvalue weighted by atomic mass is 19.4. The Morgan fingerprint density at radius 1 is 1.00 bits per heavy atom. The lowest BCUT2D eigenvalue weighted by molar-refractivity contribution is -0.187. The van der Waals surface area contributed by atoms with Crippen LogP contribution >= 0.6 is 0 Å². The number of halogens is 3. The number of rotatable bonds is 2. The molecular weight excluding hydrogens is 353 g/mol. The van der Waals surface area contributed by atoms with Crippen molar-refractivity contribution in [2.24, 2.45) is 5.92 Å². The molecule has 0 unspecified atom stereocenters. The predicted molar refractivity (Wildman–Crippen MR) is 82.9 cm³/mol. The first-order chi connectivity index (χ1) is 12.3. The van der Waals surface area contributed by atoms with Gasteiger partial charge in [-0.25, -0.2) is 0 Å². The van der Waals surface area contributed by atoms with Gasteiger partial charge >= 0.3 is 12.1 Å². The molecule has 0 aromatic carbocycles. The van der Waals surface area contributed by atoms with Crippen molar-refractivity contribution in [2.45, 2.75) is 44.7 Å². The summed E-state index contributed by atoms with van der Waals surface area (Å²) in [6.45, 7) is 2.78. The molecule has 1 aromatic rings. The van der Waals surface area contributed by atoms with Crippen LogP contribution in [0.1, 0.15) is 43.4 Å². The van der Waals surface area contributed by atoms with Gasteiger partial charge in [0.2, 0.25) is 17.7 Å². The quantitative estimate of drug-likeness (QED) is 0.790. The summed E-state index contributed by atoms with van der Waals surface area (Å²) in [6.07, 6.45) is -2.88. The SMILES string of the molecule is Cc1nnc(C2CCN(C(=O)C3CCN(C(=O)C(F)(F)F)CC3)CC2)o1. The van der Waals surface area contributed by atoms with Crippen LogP contribution in [0.25, 0.3) is 0 Å². The number of carbonyl (C=O) groups is 2. The summed E-state index contributed by atoms with van der Waals surface area (Å²) in [7, 11) is 0. The highest BCUT2D eigenvalue weighted by Gasteiger charge is 2.44. The normalized spacial score (nSPS) is 20.5. The summed E-state index contributed by atoms with van der Waals surface area (Å²) >= 11 is 0. The second kappa shape index (κ2) is 7.24. The van der Waals surface area contributed by atoms with Gasteiger partial charge in [-0.15, -0.1) is 10.2 Å². The highest BCUT2D eigenvalue weighted by molar-refractivity contribution is 5.83. The van der Waals surface area contributed by atoms with E-state index in [1.54, 1.807) is 11.8 Å². The van der Waals surface area contributed by atoms with E-state index in [9.17, 15) is 22.8 Å². The molecule has 2 saturated heterocycles. The Hall–Kier alpha value is -2.13. The number of amides is 2. The van der Waals surface area contributed by atoms with Crippen LogP contribution in [0.2, 0.25) is 0 Å². The molecule has 0 saturated carbocycles. The summed E-state index contributed by atoms with van der Waals surface area (Å²) in [4.78, 5) is 26.4. The summed E-state index contributed by atoms with van der Waals surface area (Å²) in [5.74, 6) is -0.948. The molecule has 2 amide bonds. The zero-order chi connectivity index (χ0) is 18.9. The van der Waals surface area contributed by atoms with Crippen LogP contribution in [0, 0.1) is 12.8 Å². The summed E-state index contributed by atoms with van der Waals surface area (Å²) in [5.41, 5.74) is 0. The van der Waals surface area contributed by atoms with Gasteiger partial charge in [-0.1, -0.05) is 0 Å². The molecule has 0 bridgehead atoms. The number of alkyl halides is 3. The smallest absolute Gasteiger partial charge is 0.425 e. The van der Waals surface area contributed by atoms with Crippen LogP contribution in [-0.2, 0) is 9.59 Å². The van der Waals surface area contributed by atoms with Crippen LogP contribution in [0.5, 0.6) is 0 Å². The van der Waals surface area contributed by atoms with Gasteiger partial charge in [0.15, 0.2) is 0 Å². The van der Waals surface area contributed by atoms with Gasteiger partial charge in [0.25, 0.3) is 0 Å². The standard InChI is InChI=1S/C16H21F3N4O3/c1-10-20-21-13(26-10)11-2-6-22(7-3-11)14(24)12-4-8-23(9-5-12)15(25)16(17,18)19/h11-12H,2-9H2,1H3. The summed E-state index contributed by atoms with van der Waals surface area (Å²) in [5, 5.41) is 7.84. The fourth-order valence-corrected chi connectivity index (χ4v) is 3.59. The Labute approximate surface area is 148 Å². The van der Waals surface area contributed by atoms with Gasteiger partial charge in [-0.05, 0) is 25.7 Å². The number of aromatic nitrogens is 2. The molecule has 2 aliphatic rings. The Bertz CT molecular complexity index is 660. The topological polar surface area (TPSA) is 79.5 Å². The van der Waals surface area contributed by atoms with E-state index in [1.165, 1.54) is 0 Å². The van der Waals surface area contributed by atoms with Crippen molar-refractivity contribution in [3.05, 3.63) is 11.8 Å². The van der Waals surface area contributed by atoms with Crippen molar-refractivity contribution in [3.63, 3.8) is 0 Å². The molecule has 26 heavy (non-hydrogen) atoms. The van der Waals surface area contributed by atoms with Crippen molar-refractivity contribution in [2.75, 3.05) is 26.2 Å². The molecule has 10 heteroatoms. The van der Waals surface area contributed by atoms with Crippen LogP contribution in [0.15, 0.2) is 4.42 Å². The molecular formula is C16H21F3N4O3. The van der Waals surface area contributed by atoms with Gasteiger partial charge in [-0.3, -0.25) is 9.59 Å². The van der Waals surface area contributed by atoms with Gasteiger partial charge in [-0.2, -0.15) is 13.2 Å². The fourth-order valence-electron chi connectivity index (χ4n) is 3.59. The van der Waals surface area contributed by atoms with Crippen LogP contribution in [0.3, 0.4) is 0 Å². The maximum Gasteiger partial charge on any atom is 0.471 e. The Morgan fingerprint density at radius 3 is 2.08 bits per heavy atom. The lowest BCUT2D eigenvalue weighted by atomic mass is 9.92. The molecule has 3 rings (SSSR count). The number of piperidine rings is 2. The summed E-state index contributed by atoms with van der Waals surface area (Å²) in [6, 6.07) is 0. The maximum absolute atomic E-state index is 12.6. The van der Waals surface area contributed by atoms with E-state index in [4.69, 9.17) is 4.42 Å². The Morgan fingerprint density at radius 2 is 1.58 bits per heavy atom. The molecule has 0 N–H and O–H groups in total. The largest absolute Gasteiger partial charge is 0.471 e. The number of hydrogen-bond donors (Lipinski definition) is 0. The molecule has 1 aromatic heterocycles. The molecule has 0 atom stereocenters. The van der Waals surface area contributed by atoms with E-state index in [-0.39, 0.29) is 43.7 Å². The van der Waals surface area contributed by atoms with Gasteiger partial charge < -0.3 is 14.2 Å². The number of nitrogens with zero attached hydrogens (tertiary/aromatic N) is 4. The Balaban J connectivity index is 1.48. The number of likely N-dealkylation sites (tertiary alicyclic amines) is 2. The van der Waals surface area contributed by atoms with Crippen LogP contribution in [0.4, 0.5) is 13.2 Å². The van der Waals surface area contributed by atoms with E-state index in [2.05, 4.69) is 10.2 Å². The predicted octanol–water partition coefficient (Wildman–Crippen LogP) is 1.88. The second-order valence-electron chi connectivity index (χ2n) is 6.82. The van der Waals surface area contributed by atoms with E-state index < -0.39 is 12.1 Å². The average molecular weight is 374 g/mol. The first-order valence-electron chi connectivity index (χ1n) is 8.70. The third kappa shape index (κ3) is 3.99.